The van der Waals surface area contributed by atoms with Crippen molar-refractivity contribution in [3.05, 3.63) is 29.8 Å². The van der Waals surface area contributed by atoms with Crippen LogP contribution in [0.5, 0.6) is 0 Å². The Morgan fingerprint density at radius 3 is 2.67 bits per heavy atom. The second-order valence-corrected chi connectivity index (χ2v) is 6.22. The maximum absolute atomic E-state index is 11.6. The minimum absolute atomic E-state index is 0.114. The summed E-state index contributed by atoms with van der Waals surface area (Å²) in [7, 11) is -3.12. The zero-order valence-electron chi connectivity index (χ0n) is 10.3. The Hall–Kier alpha value is -1.56. The van der Waals surface area contributed by atoms with Crippen LogP contribution in [0.2, 0.25) is 0 Å². The number of rotatable bonds is 6. The van der Waals surface area contributed by atoms with E-state index in [9.17, 15) is 13.2 Å². The van der Waals surface area contributed by atoms with Crippen molar-refractivity contribution in [2.45, 2.75) is 13.3 Å². The lowest BCUT2D eigenvalue weighted by molar-refractivity contribution is 0.0529. The molecule has 2 N–H and O–H groups in total. The highest BCUT2D eigenvalue weighted by molar-refractivity contribution is 7.91. The van der Waals surface area contributed by atoms with Crippen molar-refractivity contribution in [1.82, 2.24) is 0 Å². The van der Waals surface area contributed by atoms with Gasteiger partial charge in [-0.15, -0.1) is 0 Å². The van der Waals surface area contributed by atoms with Gasteiger partial charge in [0.25, 0.3) is 0 Å². The average Bonchev–Trinajstić information content (AvgIpc) is 2.28. The van der Waals surface area contributed by atoms with Crippen molar-refractivity contribution < 1.29 is 17.9 Å². The highest BCUT2D eigenvalue weighted by Gasteiger charge is 2.12. The van der Waals surface area contributed by atoms with E-state index in [0.717, 1.165) is 0 Å². The second-order valence-electron chi connectivity index (χ2n) is 3.91. The minimum atomic E-state index is -3.12. The van der Waals surface area contributed by atoms with Gasteiger partial charge in [-0.2, -0.15) is 0 Å². The van der Waals surface area contributed by atoms with E-state index in [1.807, 2.05) is 0 Å². The molecule has 0 spiro atoms. The molecule has 0 heterocycles. The number of nitrogen functional groups attached to an aromatic ring is 1. The third kappa shape index (κ3) is 4.75. The molecule has 0 saturated heterocycles. The minimum Gasteiger partial charge on any atom is -0.461 e. The maximum atomic E-state index is 11.6. The lowest BCUT2D eigenvalue weighted by atomic mass is 10.2. The highest BCUT2D eigenvalue weighted by atomic mass is 32.2. The molecule has 0 amide bonds. The van der Waals surface area contributed by atoms with Crippen LogP contribution in [0.3, 0.4) is 0 Å². The van der Waals surface area contributed by atoms with E-state index in [0.29, 0.717) is 17.7 Å². The van der Waals surface area contributed by atoms with E-state index < -0.39 is 15.8 Å². The molecule has 0 atom stereocenters. The number of nitrogens with two attached hydrogens (primary N) is 1. The quantitative estimate of drug-likeness (QED) is 0.621. The van der Waals surface area contributed by atoms with Gasteiger partial charge in [-0.05, 0) is 24.6 Å². The Bertz CT molecular complexity index is 511. The second kappa shape index (κ2) is 6.39. The van der Waals surface area contributed by atoms with E-state index in [1.54, 1.807) is 25.1 Å². The lowest BCUT2D eigenvalue weighted by Crippen LogP contribution is -2.17. The van der Waals surface area contributed by atoms with E-state index in [2.05, 4.69) is 0 Å². The summed E-state index contributed by atoms with van der Waals surface area (Å²) in [6.45, 7) is 1.66. The number of carbonyl (C=O) groups is 1. The number of ether oxygens (including phenoxy) is 1. The molecule has 18 heavy (non-hydrogen) atoms. The SMILES string of the molecule is CCCS(=O)(=O)CCOC(=O)c1cccc(N)c1. The smallest absolute Gasteiger partial charge is 0.338 e. The summed E-state index contributed by atoms with van der Waals surface area (Å²) in [6.07, 6.45) is 0.561. The van der Waals surface area contributed by atoms with Gasteiger partial charge < -0.3 is 10.5 Å². The summed E-state index contributed by atoms with van der Waals surface area (Å²) in [4.78, 5) is 11.6. The zero-order valence-corrected chi connectivity index (χ0v) is 11.1. The van der Waals surface area contributed by atoms with E-state index in [-0.39, 0.29) is 18.1 Å². The van der Waals surface area contributed by atoms with Gasteiger partial charge in [-0.1, -0.05) is 13.0 Å². The van der Waals surface area contributed by atoms with Crippen LogP contribution in [0.4, 0.5) is 5.69 Å². The van der Waals surface area contributed by atoms with Crippen molar-refractivity contribution in [3.8, 4) is 0 Å². The first kappa shape index (κ1) is 14.5. The summed E-state index contributed by atoms with van der Waals surface area (Å²) in [5.41, 5.74) is 6.31. The molecule has 0 fully saturated rings. The van der Waals surface area contributed by atoms with Crippen LogP contribution in [-0.4, -0.2) is 32.5 Å². The molecule has 0 bridgehead atoms. The normalized spacial score (nSPS) is 11.2. The van der Waals surface area contributed by atoms with Gasteiger partial charge in [0.15, 0.2) is 9.84 Å². The van der Waals surface area contributed by atoms with Gasteiger partial charge in [-0.25, -0.2) is 13.2 Å². The fourth-order valence-corrected chi connectivity index (χ4v) is 2.59. The van der Waals surface area contributed by atoms with Gasteiger partial charge >= 0.3 is 5.97 Å². The molecular formula is C12H17NO4S. The average molecular weight is 271 g/mol. The summed E-state index contributed by atoms with van der Waals surface area (Å²) < 4.78 is 27.7. The molecule has 1 rings (SSSR count). The number of benzene rings is 1. The van der Waals surface area contributed by atoms with Crippen LogP contribution in [0.15, 0.2) is 24.3 Å². The van der Waals surface area contributed by atoms with Crippen LogP contribution < -0.4 is 5.73 Å². The topological polar surface area (TPSA) is 86.5 Å². The van der Waals surface area contributed by atoms with Gasteiger partial charge in [-0.3, -0.25) is 0 Å². The van der Waals surface area contributed by atoms with Crippen LogP contribution in [-0.2, 0) is 14.6 Å². The van der Waals surface area contributed by atoms with Crippen LogP contribution in [0, 0.1) is 0 Å². The fraction of sp³-hybridized carbons (Fsp3) is 0.417. The summed E-state index contributed by atoms with van der Waals surface area (Å²) in [6, 6.07) is 6.35. The Morgan fingerprint density at radius 1 is 1.33 bits per heavy atom. The van der Waals surface area contributed by atoms with E-state index in [1.165, 1.54) is 6.07 Å². The predicted molar refractivity (Wildman–Crippen MR) is 70.1 cm³/mol. The van der Waals surface area contributed by atoms with E-state index in [4.69, 9.17) is 10.5 Å². The number of anilines is 1. The third-order valence-electron chi connectivity index (χ3n) is 2.26. The van der Waals surface area contributed by atoms with Crippen LogP contribution in [0.1, 0.15) is 23.7 Å². The monoisotopic (exact) mass is 271 g/mol. The third-order valence-corrected chi connectivity index (χ3v) is 4.08. The molecule has 0 aliphatic carbocycles. The number of carbonyl (C=O) groups excluding carboxylic acids is 1. The molecule has 0 aliphatic heterocycles. The number of sulfone groups is 1. The molecule has 0 aliphatic rings. The molecule has 5 nitrogen and oxygen atoms in total. The molecule has 6 heteroatoms. The first-order chi connectivity index (χ1) is 8.44. The molecule has 0 aromatic heterocycles. The molecule has 100 valence electrons. The zero-order chi connectivity index (χ0) is 13.6. The predicted octanol–water partition coefficient (Wildman–Crippen LogP) is 1.25. The first-order valence-corrected chi connectivity index (χ1v) is 7.50. The Balaban J connectivity index is 2.48. The highest BCUT2D eigenvalue weighted by Crippen LogP contribution is 2.08. The largest absolute Gasteiger partial charge is 0.461 e. The van der Waals surface area contributed by atoms with Crippen molar-refractivity contribution in [3.63, 3.8) is 0 Å². The molecule has 0 saturated carbocycles. The first-order valence-electron chi connectivity index (χ1n) is 5.67. The van der Waals surface area contributed by atoms with Crippen LogP contribution in [0.25, 0.3) is 0 Å². The summed E-state index contributed by atoms with van der Waals surface area (Å²) in [5.74, 6) is -0.591. The number of hydrogen-bond acceptors (Lipinski definition) is 5. The molecule has 1 aromatic rings. The number of esters is 1. The maximum Gasteiger partial charge on any atom is 0.338 e. The standard InChI is InChI=1S/C12H17NO4S/c1-2-7-18(15,16)8-6-17-12(14)10-4-3-5-11(13)9-10/h3-5,9H,2,6-8,13H2,1H3. The van der Waals surface area contributed by atoms with E-state index >= 15 is 0 Å². The summed E-state index contributed by atoms with van der Waals surface area (Å²) in [5, 5.41) is 0. The Labute approximate surface area is 107 Å². The van der Waals surface area contributed by atoms with Gasteiger partial charge in [0.2, 0.25) is 0 Å². The molecule has 0 unspecified atom stereocenters. The Kier molecular flexibility index (Phi) is 5.15. The van der Waals surface area contributed by atoms with Gasteiger partial charge in [0.05, 0.1) is 17.1 Å². The molecular weight excluding hydrogens is 254 g/mol. The Morgan fingerprint density at radius 2 is 2.06 bits per heavy atom. The number of hydrogen-bond donors (Lipinski definition) is 1. The summed E-state index contributed by atoms with van der Waals surface area (Å²) >= 11 is 0. The van der Waals surface area contributed by atoms with Crippen molar-refractivity contribution in [2.75, 3.05) is 23.8 Å². The van der Waals surface area contributed by atoms with Crippen molar-refractivity contribution >= 4 is 21.5 Å². The lowest BCUT2D eigenvalue weighted by Gasteiger charge is -2.05. The molecule has 0 radical (unpaired) electrons. The van der Waals surface area contributed by atoms with Crippen molar-refractivity contribution in [2.24, 2.45) is 0 Å². The van der Waals surface area contributed by atoms with Gasteiger partial charge in [0.1, 0.15) is 6.61 Å². The fourth-order valence-electron chi connectivity index (χ4n) is 1.42. The van der Waals surface area contributed by atoms with Crippen LogP contribution >= 0.6 is 0 Å². The molecule has 1 aromatic carbocycles. The van der Waals surface area contributed by atoms with Crippen molar-refractivity contribution in [1.29, 1.82) is 0 Å². The van der Waals surface area contributed by atoms with Gasteiger partial charge in [0, 0.05) is 5.69 Å².